The SMILES string of the molecule is CN(Cc1ccccc1)c1ccc(C(=O)O)cc1NS(=O)(=O)c1ccccc1. The van der Waals surface area contributed by atoms with Gasteiger partial charge in [0, 0.05) is 13.6 Å². The van der Waals surface area contributed by atoms with E-state index in [1.54, 1.807) is 24.3 Å². The van der Waals surface area contributed by atoms with Crippen molar-refractivity contribution in [1.82, 2.24) is 0 Å². The molecule has 2 N–H and O–H groups in total. The van der Waals surface area contributed by atoms with Crippen LogP contribution in [0.1, 0.15) is 15.9 Å². The summed E-state index contributed by atoms with van der Waals surface area (Å²) in [5.74, 6) is -1.13. The molecule has 7 heteroatoms. The van der Waals surface area contributed by atoms with Gasteiger partial charge in [-0.05, 0) is 35.9 Å². The highest BCUT2D eigenvalue weighted by Gasteiger charge is 2.19. The van der Waals surface area contributed by atoms with Crippen molar-refractivity contribution < 1.29 is 18.3 Å². The molecule has 0 spiro atoms. The molecule has 0 unspecified atom stereocenters. The smallest absolute Gasteiger partial charge is 0.335 e. The van der Waals surface area contributed by atoms with E-state index in [1.807, 2.05) is 42.3 Å². The van der Waals surface area contributed by atoms with Gasteiger partial charge in [-0.2, -0.15) is 0 Å². The van der Waals surface area contributed by atoms with E-state index in [1.165, 1.54) is 24.3 Å². The molecule has 0 aliphatic heterocycles. The van der Waals surface area contributed by atoms with Crippen molar-refractivity contribution in [3.05, 3.63) is 90.0 Å². The molecule has 0 atom stereocenters. The maximum atomic E-state index is 12.7. The summed E-state index contributed by atoms with van der Waals surface area (Å²) in [5, 5.41) is 9.30. The van der Waals surface area contributed by atoms with E-state index in [0.29, 0.717) is 12.2 Å². The number of hydrogen-bond acceptors (Lipinski definition) is 4. The Morgan fingerprint density at radius 3 is 2.18 bits per heavy atom. The normalized spacial score (nSPS) is 11.0. The topological polar surface area (TPSA) is 86.7 Å². The maximum absolute atomic E-state index is 12.7. The first-order valence-corrected chi connectivity index (χ1v) is 10.1. The van der Waals surface area contributed by atoms with E-state index in [0.717, 1.165) is 5.56 Å². The largest absolute Gasteiger partial charge is 0.478 e. The number of carbonyl (C=O) groups is 1. The Hall–Kier alpha value is -3.32. The number of hydrogen-bond donors (Lipinski definition) is 2. The number of nitrogens with one attached hydrogen (secondary N) is 1. The van der Waals surface area contributed by atoms with Crippen LogP contribution in [0.2, 0.25) is 0 Å². The van der Waals surface area contributed by atoms with E-state index in [9.17, 15) is 18.3 Å². The van der Waals surface area contributed by atoms with Gasteiger partial charge in [-0.25, -0.2) is 13.2 Å². The number of nitrogens with zero attached hydrogens (tertiary/aromatic N) is 1. The van der Waals surface area contributed by atoms with Crippen molar-refractivity contribution in [1.29, 1.82) is 0 Å². The molecule has 144 valence electrons. The summed E-state index contributed by atoms with van der Waals surface area (Å²) in [6.07, 6.45) is 0. The highest BCUT2D eigenvalue weighted by atomic mass is 32.2. The predicted octanol–water partition coefficient (Wildman–Crippen LogP) is 3.82. The van der Waals surface area contributed by atoms with E-state index >= 15 is 0 Å². The van der Waals surface area contributed by atoms with Gasteiger partial charge in [-0.1, -0.05) is 48.5 Å². The minimum Gasteiger partial charge on any atom is -0.478 e. The Bertz CT molecular complexity index is 1070. The minimum atomic E-state index is -3.85. The van der Waals surface area contributed by atoms with E-state index in [-0.39, 0.29) is 16.1 Å². The van der Waals surface area contributed by atoms with Crippen LogP contribution in [0.3, 0.4) is 0 Å². The summed E-state index contributed by atoms with van der Waals surface area (Å²) in [6.45, 7) is 0.535. The predicted molar refractivity (Wildman–Crippen MR) is 109 cm³/mol. The van der Waals surface area contributed by atoms with E-state index in [4.69, 9.17) is 0 Å². The van der Waals surface area contributed by atoms with E-state index in [2.05, 4.69) is 4.72 Å². The average molecular weight is 396 g/mol. The first-order valence-electron chi connectivity index (χ1n) is 8.57. The first-order chi connectivity index (χ1) is 13.4. The van der Waals surface area contributed by atoms with Crippen molar-refractivity contribution in [3.8, 4) is 0 Å². The van der Waals surface area contributed by atoms with Gasteiger partial charge < -0.3 is 10.0 Å². The summed E-state index contributed by atoms with van der Waals surface area (Å²) >= 11 is 0. The van der Waals surface area contributed by atoms with Crippen LogP contribution in [0.15, 0.2) is 83.8 Å². The number of benzene rings is 3. The second-order valence-electron chi connectivity index (χ2n) is 6.30. The van der Waals surface area contributed by atoms with Crippen LogP contribution in [0.5, 0.6) is 0 Å². The molecule has 0 saturated carbocycles. The molecule has 0 aromatic heterocycles. The Morgan fingerprint density at radius 1 is 0.964 bits per heavy atom. The summed E-state index contributed by atoms with van der Waals surface area (Å²) < 4.78 is 28.0. The van der Waals surface area contributed by atoms with Crippen molar-refractivity contribution >= 4 is 27.4 Å². The lowest BCUT2D eigenvalue weighted by Crippen LogP contribution is -2.21. The minimum absolute atomic E-state index is 0.00243. The lowest BCUT2D eigenvalue weighted by molar-refractivity contribution is 0.0697. The molecule has 3 aromatic rings. The molecule has 0 aliphatic carbocycles. The van der Waals surface area contributed by atoms with E-state index < -0.39 is 16.0 Å². The van der Waals surface area contributed by atoms with Crippen molar-refractivity contribution in [2.75, 3.05) is 16.7 Å². The zero-order valence-corrected chi connectivity index (χ0v) is 16.1. The van der Waals surface area contributed by atoms with Crippen LogP contribution in [0, 0.1) is 0 Å². The van der Waals surface area contributed by atoms with Gasteiger partial charge in [0.15, 0.2) is 0 Å². The third kappa shape index (κ3) is 4.50. The summed E-state index contributed by atoms with van der Waals surface area (Å²) in [5.41, 5.74) is 1.84. The third-order valence-corrected chi connectivity index (χ3v) is 5.60. The molecular formula is C21H20N2O4S. The fourth-order valence-electron chi connectivity index (χ4n) is 2.83. The van der Waals surface area contributed by atoms with Crippen LogP contribution in [-0.4, -0.2) is 26.5 Å². The van der Waals surface area contributed by atoms with Gasteiger partial charge in [0.2, 0.25) is 0 Å². The van der Waals surface area contributed by atoms with Gasteiger partial charge in [0.25, 0.3) is 10.0 Å². The van der Waals surface area contributed by atoms with Crippen molar-refractivity contribution in [3.63, 3.8) is 0 Å². The Kier molecular flexibility index (Phi) is 5.65. The lowest BCUT2D eigenvalue weighted by atomic mass is 10.1. The van der Waals surface area contributed by atoms with Gasteiger partial charge in [-0.3, -0.25) is 4.72 Å². The molecule has 3 rings (SSSR count). The molecule has 0 saturated heterocycles. The van der Waals surface area contributed by atoms with Gasteiger partial charge >= 0.3 is 5.97 Å². The Labute approximate surface area is 164 Å². The fraction of sp³-hybridized carbons (Fsp3) is 0.0952. The quantitative estimate of drug-likeness (QED) is 0.634. The standard InChI is InChI=1S/C21H20N2O4S/c1-23(15-16-8-4-2-5-9-16)20-13-12-17(21(24)25)14-19(20)22-28(26,27)18-10-6-3-7-11-18/h2-14,22H,15H2,1H3,(H,24,25). The molecular weight excluding hydrogens is 376 g/mol. The number of sulfonamides is 1. The zero-order chi connectivity index (χ0) is 20.1. The molecule has 28 heavy (non-hydrogen) atoms. The highest BCUT2D eigenvalue weighted by Crippen LogP contribution is 2.30. The number of rotatable bonds is 7. The monoisotopic (exact) mass is 396 g/mol. The molecule has 0 heterocycles. The molecule has 0 fully saturated rings. The first kappa shape index (κ1) is 19.4. The van der Waals surface area contributed by atoms with Gasteiger partial charge in [0.1, 0.15) is 0 Å². The van der Waals surface area contributed by atoms with Crippen LogP contribution in [-0.2, 0) is 16.6 Å². The highest BCUT2D eigenvalue weighted by molar-refractivity contribution is 7.92. The molecule has 0 radical (unpaired) electrons. The third-order valence-electron chi connectivity index (χ3n) is 4.22. The van der Waals surface area contributed by atoms with Crippen LogP contribution in [0.4, 0.5) is 11.4 Å². The van der Waals surface area contributed by atoms with Crippen LogP contribution >= 0.6 is 0 Å². The summed E-state index contributed by atoms with van der Waals surface area (Å²) in [7, 11) is -2.03. The lowest BCUT2D eigenvalue weighted by Gasteiger charge is -2.23. The fourth-order valence-corrected chi connectivity index (χ4v) is 3.92. The van der Waals surface area contributed by atoms with Crippen LogP contribution in [0.25, 0.3) is 0 Å². The molecule has 0 bridgehead atoms. The van der Waals surface area contributed by atoms with Gasteiger partial charge in [-0.15, -0.1) is 0 Å². The number of aromatic carboxylic acids is 1. The molecule has 0 aliphatic rings. The maximum Gasteiger partial charge on any atom is 0.335 e. The molecule has 0 amide bonds. The zero-order valence-electron chi connectivity index (χ0n) is 15.2. The van der Waals surface area contributed by atoms with Gasteiger partial charge in [0.05, 0.1) is 21.8 Å². The number of carboxylic acid groups (broad SMARTS) is 1. The summed E-state index contributed by atoms with van der Waals surface area (Å²) in [4.78, 5) is 13.3. The Balaban J connectivity index is 1.98. The molecule has 6 nitrogen and oxygen atoms in total. The summed E-state index contributed by atoms with van der Waals surface area (Å²) in [6, 6.07) is 22.1. The van der Waals surface area contributed by atoms with Crippen molar-refractivity contribution in [2.45, 2.75) is 11.4 Å². The molecule has 3 aromatic carbocycles. The number of carboxylic acids is 1. The number of anilines is 2. The van der Waals surface area contributed by atoms with Crippen molar-refractivity contribution in [2.24, 2.45) is 0 Å². The average Bonchev–Trinajstić information content (AvgIpc) is 2.69. The Morgan fingerprint density at radius 2 is 1.57 bits per heavy atom. The second-order valence-corrected chi connectivity index (χ2v) is 7.98. The second kappa shape index (κ2) is 8.14. The van der Waals surface area contributed by atoms with Crippen LogP contribution < -0.4 is 9.62 Å².